The molecule has 3 heterocycles. The van der Waals surface area contributed by atoms with Crippen molar-refractivity contribution < 1.29 is 23.8 Å². The molecule has 1 atom stereocenters. The molecule has 2 aliphatic heterocycles. The maximum atomic E-state index is 12.3. The van der Waals surface area contributed by atoms with E-state index < -0.39 is 5.60 Å². The average Bonchev–Trinajstić information content (AvgIpc) is 3.25. The first-order valence-corrected chi connectivity index (χ1v) is 11.8. The highest BCUT2D eigenvalue weighted by atomic mass is 32.1. The molecule has 0 radical (unpaired) electrons. The summed E-state index contributed by atoms with van der Waals surface area (Å²) < 4.78 is 17.7. The predicted molar refractivity (Wildman–Crippen MR) is 125 cm³/mol. The Labute approximate surface area is 192 Å². The molecule has 0 aliphatic carbocycles. The number of likely N-dealkylation sites (tertiary alicyclic amines) is 1. The molecular formula is C25H29NO5S. The van der Waals surface area contributed by atoms with Crippen molar-refractivity contribution in [1.29, 1.82) is 0 Å². The first-order chi connectivity index (χ1) is 15.3. The summed E-state index contributed by atoms with van der Waals surface area (Å²) in [6.45, 7) is 7.44. The smallest absolute Gasteiger partial charge is 0.410 e. The quantitative estimate of drug-likeness (QED) is 0.449. The van der Waals surface area contributed by atoms with Gasteiger partial charge in [-0.15, -0.1) is 11.3 Å². The molecule has 0 saturated carbocycles. The lowest BCUT2D eigenvalue weighted by Gasteiger charge is -2.38. The summed E-state index contributed by atoms with van der Waals surface area (Å²) in [4.78, 5) is 26.7. The second-order valence-electron chi connectivity index (χ2n) is 9.12. The maximum absolute atomic E-state index is 12.3. The third-order valence-electron chi connectivity index (χ3n) is 5.53. The number of piperidine rings is 1. The van der Waals surface area contributed by atoms with Crippen LogP contribution in [0.3, 0.4) is 0 Å². The minimum Gasteiger partial charge on any atom is -0.464 e. The monoisotopic (exact) mass is 455 g/mol. The first-order valence-electron chi connectivity index (χ1n) is 10.9. The molecule has 2 aliphatic rings. The van der Waals surface area contributed by atoms with Crippen LogP contribution in [0, 0.1) is 5.92 Å². The van der Waals surface area contributed by atoms with Gasteiger partial charge in [-0.05, 0) is 81.7 Å². The van der Waals surface area contributed by atoms with Crippen molar-refractivity contribution in [2.24, 2.45) is 5.92 Å². The molecule has 0 spiro atoms. The number of benzene rings is 1. The number of hydrogen-bond acceptors (Lipinski definition) is 6. The van der Waals surface area contributed by atoms with Crippen molar-refractivity contribution in [1.82, 2.24) is 4.90 Å². The van der Waals surface area contributed by atoms with E-state index in [9.17, 15) is 9.59 Å². The molecular weight excluding hydrogens is 426 g/mol. The standard InChI is InChI=1S/C25H29NO5S/c1-25(2,3)31-24(28)26-12-10-17(11-13-26)23-29-16-19-15-18(6-8-21(19)30-23)22-9-7-20(32-22)5-4-14-27/h4-9,14-15,17,23H,10-13,16H2,1-3H3/b5-4+. The molecule has 1 amide bonds. The Bertz CT molecular complexity index is 998. The summed E-state index contributed by atoms with van der Waals surface area (Å²) >= 11 is 1.64. The molecule has 2 aromatic rings. The maximum Gasteiger partial charge on any atom is 0.410 e. The Balaban J connectivity index is 1.36. The van der Waals surface area contributed by atoms with E-state index in [1.807, 2.05) is 39.0 Å². The highest BCUT2D eigenvalue weighted by Crippen LogP contribution is 2.37. The van der Waals surface area contributed by atoms with E-state index in [-0.39, 0.29) is 18.3 Å². The number of nitrogens with zero attached hydrogens (tertiary/aromatic N) is 1. The normalized spacial score (nSPS) is 19.5. The minimum atomic E-state index is -0.483. The van der Waals surface area contributed by atoms with Gasteiger partial charge < -0.3 is 19.1 Å². The minimum absolute atomic E-state index is 0.242. The van der Waals surface area contributed by atoms with Gasteiger partial charge in [-0.25, -0.2) is 4.79 Å². The van der Waals surface area contributed by atoms with Crippen molar-refractivity contribution in [3.05, 3.63) is 46.8 Å². The van der Waals surface area contributed by atoms with E-state index in [1.165, 1.54) is 6.08 Å². The number of rotatable bonds is 4. The lowest BCUT2D eigenvalue weighted by atomic mass is 9.95. The van der Waals surface area contributed by atoms with Gasteiger partial charge in [0.05, 0.1) is 6.61 Å². The van der Waals surface area contributed by atoms with Crippen molar-refractivity contribution in [3.63, 3.8) is 0 Å². The zero-order chi connectivity index (χ0) is 22.7. The van der Waals surface area contributed by atoms with Crippen LogP contribution in [0.25, 0.3) is 16.5 Å². The molecule has 32 heavy (non-hydrogen) atoms. The second-order valence-corrected chi connectivity index (χ2v) is 10.2. The summed E-state index contributed by atoms with van der Waals surface area (Å²) in [6.07, 6.45) is 5.19. The fourth-order valence-corrected chi connectivity index (χ4v) is 4.85. The number of carbonyl (C=O) groups is 2. The van der Waals surface area contributed by atoms with Crippen LogP contribution in [0.1, 0.15) is 44.1 Å². The highest BCUT2D eigenvalue weighted by Gasteiger charge is 2.34. The van der Waals surface area contributed by atoms with E-state index in [4.69, 9.17) is 14.2 Å². The zero-order valence-corrected chi connectivity index (χ0v) is 19.5. The fraction of sp³-hybridized carbons (Fsp3) is 0.440. The van der Waals surface area contributed by atoms with Gasteiger partial charge in [0.25, 0.3) is 0 Å². The van der Waals surface area contributed by atoms with E-state index in [0.29, 0.717) is 19.7 Å². The molecule has 0 bridgehead atoms. The van der Waals surface area contributed by atoms with Gasteiger partial charge in [0.1, 0.15) is 17.6 Å². The molecule has 1 saturated heterocycles. The number of carbonyl (C=O) groups excluding carboxylic acids is 2. The fourth-order valence-electron chi connectivity index (χ4n) is 3.94. The molecule has 7 heteroatoms. The highest BCUT2D eigenvalue weighted by molar-refractivity contribution is 7.16. The lowest BCUT2D eigenvalue weighted by Crippen LogP contribution is -2.45. The van der Waals surface area contributed by atoms with Crippen LogP contribution in [-0.4, -0.2) is 42.3 Å². The number of allylic oxidation sites excluding steroid dienone is 1. The van der Waals surface area contributed by atoms with Gasteiger partial charge in [0.15, 0.2) is 0 Å². The number of ether oxygens (including phenoxy) is 3. The Kier molecular flexibility index (Phi) is 6.67. The van der Waals surface area contributed by atoms with E-state index in [1.54, 1.807) is 16.2 Å². The molecule has 4 rings (SSSR count). The lowest BCUT2D eigenvalue weighted by molar-refractivity contribution is -0.149. The van der Waals surface area contributed by atoms with Crippen molar-refractivity contribution in [3.8, 4) is 16.2 Å². The van der Waals surface area contributed by atoms with Crippen LogP contribution in [0.4, 0.5) is 4.79 Å². The van der Waals surface area contributed by atoms with Crippen LogP contribution in [-0.2, 0) is 20.9 Å². The summed E-state index contributed by atoms with van der Waals surface area (Å²) in [5.41, 5.74) is 1.65. The van der Waals surface area contributed by atoms with Gasteiger partial charge in [-0.2, -0.15) is 0 Å². The Morgan fingerprint density at radius 1 is 1.19 bits per heavy atom. The van der Waals surface area contributed by atoms with E-state index in [0.717, 1.165) is 45.8 Å². The SMILES string of the molecule is CC(C)(C)OC(=O)N1CCC(C2OCc3cc(-c4ccc(/C=C/C=O)s4)ccc3O2)CC1. The summed E-state index contributed by atoms with van der Waals surface area (Å²) in [6, 6.07) is 10.2. The van der Waals surface area contributed by atoms with Crippen LogP contribution in [0.5, 0.6) is 5.75 Å². The van der Waals surface area contributed by atoms with E-state index in [2.05, 4.69) is 18.2 Å². The van der Waals surface area contributed by atoms with Gasteiger partial charge in [0, 0.05) is 34.3 Å². The Morgan fingerprint density at radius 2 is 1.97 bits per heavy atom. The van der Waals surface area contributed by atoms with Crippen LogP contribution in [0.15, 0.2) is 36.4 Å². The predicted octanol–water partition coefficient (Wildman–Crippen LogP) is 5.51. The molecule has 1 unspecified atom stereocenters. The molecule has 6 nitrogen and oxygen atoms in total. The number of aldehydes is 1. The topological polar surface area (TPSA) is 65.1 Å². The number of hydrogen-bond donors (Lipinski definition) is 0. The van der Waals surface area contributed by atoms with Gasteiger partial charge in [0.2, 0.25) is 6.29 Å². The van der Waals surface area contributed by atoms with Crippen molar-refractivity contribution in [2.45, 2.75) is 52.1 Å². The molecule has 1 fully saturated rings. The molecule has 1 aromatic heterocycles. The van der Waals surface area contributed by atoms with Crippen LogP contribution < -0.4 is 4.74 Å². The third kappa shape index (κ3) is 5.40. The molecule has 0 N–H and O–H groups in total. The second kappa shape index (κ2) is 9.46. The van der Waals surface area contributed by atoms with Crippen molar-refractivity contribution in [2.75, 3.05) is 13.1 Å². The summed E-state index contributed by atoms with van der Waals surface area (Å²) in [5.74, 6) is 1.10. The van der Waals surface area contributed by atoms with Crippen LogP contribution >= 0.6 is 11.3 Å². The van der Waals surface area contributed by atoms with Gasteiger partial charge in [-0.1, -0.05) is 0 Å². The zero-order valence-electron chi connectivity index (χ0n) is 18.7. The number of thiophene rings is 1. The van der Waals surface area contributed by atoms with Crippen molar-refractivity contribution >= 4 is 29.8 Å². The number of amides is 1. The summed E-state index contributed by atoms with van der Waals surface area (Å²) in [7, 11) is 0. The number of fused-ring (bicyclic) bond motifs is 1. The Hall–Kier alpha value is -2.64. The van der Waals surface area contributed by atoms with Gasteiger partial charge >= 0.3 is 6.09 Å². The van der Waals surface area contributed by atoms with Crippen LogP contribution in [0.2, 0.25) is 0 Å². The van der Waals surface area contributed by atoms with E-state index >= 15 is 0 Å². The average molecular weight is 456 g/mol. The first kappa shape index (κ1) is 22.6. The van der Waals surface area contributed by atoms with Gasteiger partial charge in [-0.3, -0.25) is 4.79 Å². The third-order valence-corrected chi connectivity index (χ3v) is 6.63. The Morgan fingerprint density at radius 3 is 2.69 bits per heavy atom. The largest absolute Gasteiger partial charge is 0.464 e. The molecule has 170 valence electrons. The molecule has 1 aromatic carbocycles. The summed E-state index contributed by atoms with van der Waals surface area (Å²) in [5, 5.41) is 0.